The van der Waals surface area contributed by atoms with E-state index in [0.29, 0.717) is 24.7 Å². The summed E-state index contributed by atoms with van der Waals surface area (Å²) in [5, 5.41) is 2.95. The Kier molecular flexibility index (Phi) is 7.18. The lowest BCUT2D eigenvalue weighted by Gasteiger charge is -2.45. The molecule has 3 fully saturated rings. The molecule has 2 bridgehead atoms. The van der Waals surface area contributed by atoms with E-state index in [0.717, 1.165) is 23.9 Å². The fourth-order valence-corrected chi connectivity index (χ4v) is 6.72. The summed E-state index contributed by atoms with van der Waals surface area (Å²) >= 11 is 0. The lowest BCUT2D eigenvalue weighted by Crippen LogP contribution is -2.50. The highest BCUT2D eigenvalue weighted by atomic mass is 16.5. The van der Waals surface area contributed by atoms with Crippen molar-refractivity contribution in [1.29, 1.82) is 0 Å². The van der Waals surface area contributed by atoms with Crippen LogP contribution in [0.15, 0.2) is 29.1 Å². The molecule has 1 saturated carbocycles. The van der Waals surface area contributed by atoms with Crippen molar-refractivity contribution in [3.8, 4) is 0 Å². The molecule has 2 aliphatic heterocycles. The number of carbonyl (C=O) groups is 1. The number of nitrogens with zero attached hydrogens (tertiary/aromatic N) is 3. The van der Waals surface area contributed by atoms with E-state index in [9.17, 15) is 9.59 Å². The first-order chi connectivity index (χ1) is 16.7. The number of anilines is 1. The topological polar surface area (TPSA) is 76.5 Å². The summed E-state index contributed by atoms with van der Waals surface area (Å²) in [6, 6.07) is 9.86. The second-order valence-corrected chi connectivity index (χ2v) is 10.2. The smallest absolute Gasteiger partial charge is 0.325 e. The second-order valence-electron chi connectivity index (χ2n) is 10.2. The molecule has 2 atom stereocenters. The van der Waals surface area contributed by atoms with Crippen LogP contribution in [0.1, 0.15) is 83.6 Å². The van der Waals surface area contributed by atoms with Gasteiger partial charge in [0.2, 0.25) is 0 Å². The standard InChI is InChI=1S/C27H38N4O3/c1-2-34-25(32)18-28-26-27(33)31(24-13-9-8-12-23(24)29-26)22-16-20-14-15-21(17-22)30(20)19-10-6-4-3-5-7-11-19/h8-9,12-13,19-22H,2-7,10-11,14-18H2,1H3,(H,28,29). The fourth-order valence-electron chi connectivity index (χ4n) is 6.72. The summed E-state index contributed by atoms with van der Waals surface area (Å²) in [5.41, 5.74) is 1.54. The number of esters is 1. The molecule has 3 aliphatic rings. The molecule has 2 aromatic rings. The van der Waals surface area contributed by atoms with Gasteiger partial charge in [-0.25, -0.2) is 4.98 Å². The molecule has 184 valence electrons. The Morgan fingerprint density at radius 3 is 2.35 bits per heavy atom. The van der Waals surface area contributed by atoms with E-state index in [-0.39, 0.29) is 29.9 Å². The first-order valence-corrected chi connectivity index (χ1v) is 13.3. The molecule has 7 heteroatoms. The van der Waals surface area contributed by atoms with Crippen molar-refractivity contribution in [2.24, 2.45) is 0 Å². The van der Waals surface area contributed by atoms with Gasteiger partial charge in [0, 0.05) is 24.2 Å². The summed E-state index contributed by atoms with van der Waals surface area (Å²) in [6.45, 7) is 2.04. The predicted molar refractivity (Wildman–Crippen MR) is 134 cm³/mol. The van der Waals surface area contributed by atoms with Crippen molar-refractivity contribution in [2.75, 3.05) is 18.5 Å². The van der Waals surface area contributed by atoms with Crippen molar-refractivity contribution < 1.29 is 9.53 Å². The van der Waals surface area contributed by atoms with Gasteiger partial charge >= 0.3 is 5.97 Å². The predicted octanol–water partition coefficient (Wildman–Crippen LogP) is 4.65. The minimum atomic E-state index is -0.381. The Labute approximate surface area is 201 Å². The van der Waals surface area contributed by atoms with Gasteiger partial charge in [0.15, 0.2) is 5.82 Å². The molecule has 7 nitrogen and oxygen atoms in total. The van der Waals surface area contributed by atoms with Crippen molar-refractivity contribution >= 4 is 22.8 Å². The number of hydrogen-bond acceptors (Lipinski definition) is 6. The van der Waals surface area contributed by atoms with E-state index < -0.39 is 0 Å². The van der Waals surface area contributed by atoms with Crippen LogP contribution in [0.5, 0.6) is 0 Å². The van der Waals surface area contributed by atoms with E-state index in [1.54, 1.807) is 6.92 Å². The first-order valence-electron chi connectivity index (χ1n) is 13.3. The molecule has 2 unspecified atom stereocenters. The molecule has 34 heavy (non-hydrogen) atoms. The zero-order valence-corrected chi connectivity index (χ0v) is 20.4. The third-order valence-electron chi connectivity index (χ3n) is 8.13. The van der Waals surface area contributed by atoms with Gasteiger partial charge in [-0.3, -0.25) is 14.5 Å². The van der Waals surface area contributed by atoms with Crippen molar-refractivity contribution in [2.45, 2.75) is 102 Å². The molecule has 1 N–H and O–H groups in total. The Hall–Kier alpha value is -2.41. The van der Waals surface area contributed by atoms with Gasteiger partial charge in [-0.2, -0.15) is 0 Å². The van der Waals surface area contributed by atoms with E-state index in [1.165, 1.54) is 57.8 Å². The number of piperidine rings is 1. The minimum Gasteiger partial charge on any atom is -0.465 e. The Morgan fingerprint density at radius 1 is 0.971 bits per heavy atom. The zero-order valence-electron chi connectivity index (χ0n) is 20.4. The van der Waals surface area contributed by atoms with Crippen LogP contribution in [0.2, 0.25) is 0 Å². The molecule has 0 spiro atoms. The van der Waals surface area contributed by atoms with Gasteiger partial charge in [0.25, 0.3) is 5.56 Å². The normalized spacial score (nSPS) is 26.2. The van der Waals surface area contributed by atoms with Gasteiger partial charge in [0.1, 0.15) is 6.54 Å². The number of ether oxygens (including phenoxy) is 1. The summed E-state index contributed by atoms with van der Waals surface area (Å²) in [5.74, 6) is -0.143. The number of rotatable bonds is 6. The average Bonchev–Trinajstić information content (AvgIpc) is 3.07. The van der Waals surface area contributed by atoms with Gasteiger partial charge in [-0.1, -0.05) is 44.2 Å². The first kappa shape index (κ1) is 23.3. The highest BCUT2D eigenvalue weighted by molar-refractivity contribution is 5.78. The van der Waals surface area contributed by atoms with E-state index in [2.05, 4.69) is 15.2 Å². The van der Waals surface area contributed by atoms with Gasteiger partial charge < -0.3 is 14.6 Å². The van der Waals surface area contributed by atoms with Gasteiger partial charge in [-0.05, 0) is 57.6 Å². The molecule has 1 aliphatic carbocycles. The molecular formula is C27H38N4O3. The molecular weight excluding hydrogens is 428 g/mol. The Balaban J connectivity index is 1.41. The maximum Gasteiger partial charge on any atom is 0.325 e. The average molecular weight is 467 g/mol. The third-order valence-corrected chi connectivity index (χ3v) is 8.13. The van der Waals surface area contributed by atoms with Gasteiger partial charge in [0.05, 0.1) is 17.6 Å². The van der Waals surface area contributed by atoms with E-state index >= 15 is 0 Å². The molecule has 2 saturated heterocycles. The number of fused-ring (bicyclic) bond motifs is 3. The SMILES string of the molecule is CCOC(=O)CNc1nc2ccccc2n(C2CC3CCC(C2)N3C2CCCCCCC2)c1=O. The summed E-state index contributed by atoms with van der Waals surface area (Å²) in [7, 11) is 0. The molecule has 0 amide bonds. The van der Waals surface area contributed by atoms with Crippen LogP contribution in [-0.2, 0) is 9.53 Å². The van der Waals surface area contributed by atoms with Crippen LogP contribution in [0.3, 0.4) is 0 Å². The van der Waals surface area contributed by atoms with Crippen LogP contribution < -0.4 is 10.9 Å². The summed E-state index contributed by atoms with van der Waals surface area (Å²) < 4.78 is 6.99. The number of carbonyl (C=O) groups excluding carboxylic acids is 1. The van der Waals surface area contributed by atoms with Crippen LogP contribution in [-0.4, -0.2) is 51.7 Å². The maximum absolute atomic E-state index is 13.6. The second kappa shape index (κ2) is 10.5. The van der Waals surface area contributed by atoms with E-state index in [1.807, 2.05) is 28.8 Å². The molecule has 0 radical (unpaired) electrons. The lowest BCUT2D eigenvalue weighted by atomic mass is 9.89. The van der Waals surface area contributed by atoms with Gasteiger partial charge in [-0.15, -0.1) is 0 Å². The quantitative estimate of drug-likeness (QED) is 0.625. The number of para-hydroxylation sites is 2. The monoisotopic (exact) mass is 466 g/mol. The Bertz CT molecular complexity index is 1050. The highest BCUT2D eigenvalue weighted by Gasteiger charge is 2.44. The molecule has 5 rings (SSSR count). The van der Waals surface area contributed by atoms with Crippen LogP contribution >= 0.6 is 0 Å². The van der Waals surface area contributed by atoms with Crippen LogP contribution in [0, 0.1) is 0 Å². The van der Waals surface area contributed by atoms with Crippen molar-refractivity contribution in [3.05, 3.63) is 34.6 Å². The number of aromatic nitrogens is 2. The van der Waals surface area contributed by atoms with Crippen LogP contribution in [0.25, 0.3) is 11.0 Å². The fraction of sp³-hybridized carbons (Fsp3) is 0.667. The molecule has 1 aromatic carbocycles. The van der Waals surface area contributed by atoms with Crippen molar-refractivity contribution in [3.63, 3.8) is 0 Å². The van der Waals surface area contributed by atoms with Crippen molar-refractivity contribution in [1.82, 2.24) is 14.5 Å². The lowest BCUT2D eigenvalue weighted by molar-refractivity contribution is -0.140. The van der Waals surface area contributed by atoms with E-state index in [4.69, 9.17) is 4.74 Å². The minimum absolute atomic E-state index is 0.0558. The largest absolute Gasteiger partial charge is 0.465 e. The zero-order chi connectivity index (χ0) is 23.5. The number of hydrogen-bond donors (Lipinski definition) is 1. The Morgan fingerprint density at radius 2 is 1.65 bits per heavy atom. The number of nitrogens with one attached hydrogen (secondary N) is 1. The highest BCUT2D eigenvalue weighted by Crippen LogP contribution is 2.44. The summed E-state index contributed by atoms with van der Waals surface area (Å²) in [6.07, 6.45) is 14.0. The summed E-state index contributed by atoms with van der Waals surface area (Å²) in [4.78, 5) is 32.9. The maximum atomic E-state index is 13.6. The van der Waals surface area contributed by atoms with Crippen LogP contribution in [0.4, 0.5) is 5.82 Å². The molecule has 1 aromatic heterocycles. The third kappa shape index (κ3) is 4.72. The molecule has 3 heterocycles. The number of benzene rings is 1.